The summed E-state index contributed by atoms with van der Waals surface area (Å²) in [6.45, 7) is 8.00. The minimum atomic E-state index is -3.72. The maximum atomic E-state index is 13.2. The molecule has 32 heavy (non-hydrogen) atoms. The van der Waals surface area contributed by atoms with Crippen LogP contribution in [0.4, 0.5) is 11.4 Å². The second-order valence-electron chi connectivity index (χ2n) is 7.46. The molecular formula is C23H29N3O5S. The topological polar surface area (TPSA) is 96.0 Å². The largest absolute Gasteiger partial charge is 0.378 e. The average molecular weight is 460 g/mol. The highest BCUT2D eigenvalue weighted by atomic mass is 32.2. The van der Waals surface area contributed by atoms with Gasteiger partial charge in [0.15, 0.2) is 5.78 Å². The maximum absolute atomic E-state index is 13.2. The van der Waals surface area contributed by atoms with Crippen LogP contribution in [0.5, 0.6) is 0 Å². The molecule has 1 amide bonds. The second-order valence-corrected chi connectivity index (χ2v) is 9.39. The van der Waals surface area contributed by atoms with Gasteiger partial charge in [0.2, 0.25) is 10.0 Å². The van der Waals surface area contributed by atoms with E-state index in [4.69, 9.17) is 4.74 Å². The Balaban J connectivity index is 1.99. The Labute approximate surface area is 189 Å². The molecule has 0 saturated carbocycles. The summed E-state index contributed by atoms with van der Waals surface area (Å²) < 4.78 is 32.9. The number of ketones is 1. The summed E-state index contributed by atoms with van der Waals surface area (Å²) in [4.78, 5) is 26.8. The van der Waals surface area contributed by atoms with E-state index in [1.165, 1.54) is 17.3 Å². The molecule has 1 N–H and O–H groups in total. The summed E-state index contributed by atoms with van der Waals surface area (Å²) in [5.41, 5.74) is 2.00. The SMILES string of the molecule is CCN(CC)S(=O)(=O)c1ccc(N2CCOCC2)c(C(=O)Nc2ccc(C(C)=O)cc2)c1. The van der Waals surface area contributed by atoms with Gasteiger partial charge in [-0.25, -0.2) is 8.42 Å². The van der Waals surface area contributed by atoms with Crippen molar-refractivity contribution >= 4 is 33.1 Å². The number of nitrogens with one attached hydrogen (secondary N) is 1. The fourth-order valence-corrected chi connectivity index (χ4v) is 5.12. The number of Topliss-reactive ketones (excluding diaryl/α,β-unsaturated/α-hetero) is 1. The standard InChI is InChI=1S/C23H29N3O5S/c1-4-26(5-2)32(29,30)20-10-11-22(25-12-14-31-15-13-25)21(16-20)23(28)24-19-8-6-18(7-9-19)17(3)27/h6-11,16H,4-5,12-15H2,1-3H3,(H,24,28). The quantitative estimate of drug-likeness (QED) is 0.610. The van der Waals surface area contributed by atoms with Crippen LogP contribution in [0.15, 0.2) is 47.4 Å². The maximum Gasteiger partial charge on any atom is 0.257 e. The first kappa shape index (κ1) is 23.9. The van der Waals surface area contributed by atoms with E-state index in [1.807, 2.05) is 4.90 Å². The summed E-state index contributed by atoms with van der Waals surface area (Å²) >= 11 is 0. The minimum Gasteiger partial charge on any atom is -0.378 e. The number of ether oxygens (including phenoxy) is 1. The molecule has 0 aliphatic carbocycles. The second kappa shape index (κ2) is 10.2. The Hall–Kier alpha value is -2.75. The fourth-order valence-electron chi connectivity index (χ4n) is 3.64. The molecule has 1 aliphatic heterocycles. The number of carbonyl (C=O) groups excluding carboxylic acids is 2. The van der Waals surface area contributed by atoms with Gasteiger partial charge in [-0.3, -0.25) is 9.59 Å². The fraction of sp³-hybridized carbons (Fsp3) is 0.391. The Morgan fingerprint density at radius 1 is 1.03 bits per heavy atom. The van der Waals surface area contributed by atoms with Crippen molar-refractivity contribution in [1.29, 1.82) is 0 Å². The monoisotopic (exact) mass is 459 g/mol. The molecular weight excluding hydrogens is 430 g/mol. The number of hydrogen-bond acceptors (Lipinski definition) is 6. The lowest BCUT2D eigenvalue weighted by atomic mass is 10.1. The molecule has 0 aromatic heterocycles. The highest BCUT2D eigenvalue weighted by Gasteiger charge is 2.26. The number of anilines is 2. The predicted octanol–water partition coefficient (Wildman–Crippen LogP) is 3.01. The molecule has 0 radical (unpaired) electrons. The van der Waals surface area contributed by atoms with E-state index < -0.39 is 15.9 Å². The summed E-state index contributed by atoms with van der Waals surface area (Å²) in [5, 5.41) is 2.82. The van der Waals surface area contributed by atoms with Gasteiger partial charge in [0.1, 0.15) is 0 Å². The molecule has 3 rings (SSSR count). The summed E-state index contributed by atoms with van der Waals surface area (Å²) in [6.07, 6.45) is 0. The van der Waals surface area contributed by atoms with E-state index in [1.54, 1.807) is 50.2 Å². The molecule has 0 spiro atoms. The van der Waals surface area contributed by atoms with Crippen molar-refractivity contribution in [1.82, 2.24) is 4.31 Å². The van der Waals surface area contributed by atoms with E-state index in [-0.39, 0.29) is 16.2 Å². The molecule has 0 bridgehead atoms. The van der Waals surface area contributed by atoms with Crippen molar-refractivity contribution in [2.45, 2.75) is 25.7 Å². The average Bonchev–Trinajstić information content (AvgIpc) is 2.80. The number of sulfonamides is 1. The first-order valence-electron chi connectivity index (χ1n) is 10.7. The number of amides is 1. The molecule has 172 valence electrons. The van der Waals surface area contributed by atoms with Crippen molar-refractivity contribution in [2.24, 2.45) is 0 Å². The zero-order valence-corrected chi connectivity index (χ0v) is 19.4. The number of rotatable bonds is 8. The molecule has 2 aromatic rings. The van der Waals surface area contributed by atoms with Gasteiger partial charge >= 0.3 is 0 Å². The highest BCUT2D eigenvalue weighted by Crippen LogP contribution is 2.28. The van der Waals surface area contributed by atoms with Crippen LogP contribution in [0.2, 0.25) is 0 Å². The van der Waals surface area contributed by atoms with E-state index in [0.29, 0.717) is 56.3 Å². The number of benzene rings is 2. The number of hydrogen-bond donors (Lipinski definition) is 1. The van der Waals surface area contributed by atoms with Crippen molar-refractivity contribution in [2.75, 3.05) is 49.6 Å². The van der Waals surface area contributed by atoms with Crippen molar-refractivity contribution in [3.63, 3.8) is 0 Å². The third-order valence-corrected chi connectivity index (χ3v) is 7.50. The summed E-state index contributed by atoms with van der Waals surface area (Å²) in [5.74, 6) is -0.481. The van der Waals surface area contributed by atoms with Crippen LogP contribution in [0, 0.1) is 0 Å². The minimum absolute atomic E-state index is 0.0632. The lowest BCUT2D eigenvalue weighted by molar-refractivity contribution is 0.101. The lowest BCUT2D eigenvalue weighted by Crippen LogP contribution is -2.37. The van der Waals surface area contributed by atoms with E-state index in [9.17, 15) is 18.0 Å². The van der Waals surface area contributed by atoms with Crippen LogP contribution in [0.25, 0.3) is 0 Å². The van der Waals surface area contributed by atoms with Gasteiger partial charge in [-0.1, -0.05) is 13.8 Å². The molecule has 9 heteroatoms. The van der Waals surface area contributed by atoms with Gasteiger partial charge in [-0.2, -0.15) is 4.31 Å². The van der Waals surface area contributed by atoms with Crippen molar-refractivity contribution in [3.05, 3.63) is 53.6 Å². The van der Waals surface area contributed by atoms with Gasteiger partial charge in [-0.05, 0) is 49.4 Å². The van der Waals surface area contributed by atoms with E-state index in [2.05, 4.69) is 5.32 Å². The Bertz CT molecular complexity index is 1070. The first-order chi connectivity index (χ1) is 15.3. The number of nitrogens with zero attached hydrogens (tertiary/aromatic N) is 2. The highest BCUT2D eigenvalue weighted by molar-refractivity contribution is 7.89. The smallest absolute Gasteiger partial charge is 0.257 e. The zero-order chi connectivity index (χ0) is 23.3. The third kappa shape index (κ3) is 5.17. The van der Waals surface area contributed by atoms with Crippen LogP contribution in [0.1, 0.15) is 41.5 Å². The predicted molar refractivity (Wildman–Crippen MR) is 124 cm³/mol. The Morgan fingerprint density at radius 2 is 1.66 bits per heavy atom. The van der Waals surface area contributed by atoms with Crippen LogP contribution in [-0.4, -0.2) is 63.8 Å². The molecule has 1 aliphatic rings. The normalized spacial score (nSPS) is 14.4. The molecule has 8 nitrogen and oxygen atoms in total. The van der Waals surface area contributed by atoms with Gasteiger partial charge in [-0.15, -0.1) is 0 Å². The van der Waals surface area contributed by atoms with Crippen LogP contribution < -0.4 is 10.2 Å². The Morgan fingerprint density at radius 3 is 2.22 bits per heavy atom. The summed E-state index contributed by atoms with van der Waals surface area (Å²) in [7, 11) is -3.72. The summed E-state index contributed by atoms with van der Waals surface area (Å²) in [6, 6.07) is 11.3. The van der Waals surface area contributed by atoms with Gasteiger partial charge in [0.25, 0.3) is 5.91 Å². The van der Waals surface area contributed by atoms with Gasteiger partial charge in [0, 0.05) is 43.1 Å². The van der Waals surface area contributed by atoms with Crippen LogP contribution in [0.3, 0.4) is 0 Å². The van der Waals surface area contributed by atoms with Crippen LogP contribution >= 0.6 is 0 Å². The Kier molecular flexibility index (Phi) is 7.65. The van der Waals surface area contributed by atoms with Crippen molar-refractivity contribution < 1.29 is 22.7 Å². The third-order valence-electron chi connectivity index (χ3n) is 5.46. The zero-order valence-electron chi connectivity index (χ0n) is 18.6. The molecule has 0 unspecified atom stereocenters. The van der Waals surface area contributed by atoms with Gasteiger partial charge < -0.3 is 15.0 Å². The first-order valence-corrected chi connectivity index (χ1v) is 12.1. The molecule has 0 atom stereocenters. The van der Waals surface area contributed by atoms with Crippen molar-refractivity contribution in [3.8, 4) is 0 Å². The van der Waals surface area contributed by atoms with Crippen LogP contribution in [-0.2, 0) is 14.8 Å². The molecule has 2 aromatic carbocycles. The number of morpholine rings is 1. The van der Waals surface area contributed by atoms with E-state index >= 15 is 0 Å². The van der Waals surface area contributed by atoms with Gasteiger partial charge in [0.05, 0.1) is 23.7 Å². The molecule has 1 saturated heterocycles. The number of carbonyl (C=O) groups is 2. The lowest BCUT2D eigenvalue weighted by Gasteiger charge is -2.30. The van der Waals surface area contributed by atoms with E-state index in [0.717, 1.165) is 0 Å². The molecule has 1 fully saturated rings. The molecule has 1 heterocycles.